The first-order valence-corrected chi connectivity index (χ1v) is 8.75. The van der Waals surface area contributed by atoms with Gasteiger partial charge in [0, 0.05) is 10.5 Å². The van der Waals surface area contributed by atoms with Crippen LogP contribution in [-0.4, -0.2) is 19.6 Å². The minimum atomic E-state index is 0.575. The Morgan fingerprint density at radius 3 is 2.75 bits per heavy atom. The molecule has 0 N–H and O–H groups in total. The molecule has 1 aromatic carbocycles. The summed E-state index contributed by atoms with van der Waals surface area (Å²) in [5.41, 5.74) is 2.45. The topological polar surface area (TPSA) is 56.2 Å². The maximum atomic E-state index is 5.44. The second-order valence-corrected chi connectivity index (χ2v) is 6.80. The zero-order valence-corrected chi connectivity index (χ0v) is 13.7. The number of hydrogen-bond acceptors (Lipinski definition) is 5. The highest BCUT2D eigenvalue weighted by molar-refractivity contribution is 7.99. The van der Waals surface area contributed by atoms with Crippen LogP contribution in [0.15, 0.2) is 63.1 Å². The monoisotopic (exact) mass is 334 g/mol. The standard InChI is InChI=1S/C18H14N4OS/c1-2-6-12(7-3-1)24-17-13-8-4-9-14(13)19-18-20-16(21-22(17)18)15-10-5-11-23-15/h1-3,5-7,10-11H,4,8-9H2. The predicted molar refractivity (Wildman–Crippen MR) is 91.1 cm³/mol. The smallest absolute Gasteiger partial charge is 0.254 e. The average Bonchev–Trinajstić information content (AvgIpc) is 3.35. The molecule has 4 aromatic rings. The van der Waals surface area contributed by atoms with E-state index in [1.165, 1.54) is 10.5 Å². The zero-order chi connectivity index (χ0) is 15.9. The highest BCUT2D eigenvalue weighted by Gasteiger charge is 2.23. The van der Waals surface area contributed by atoms with Gasteiger partial charge in [-0.05, 0) is 43.5 Å². The fraction of sp³-hybridized carbons (Fsp3) is 0.167. The third kappa shape index (κ3) is 2.22. The fourth-order valence-electron chi connectivity index (χ4n) is 3.06. The lowest BCUT2D eigenvalue weighted by Crippen LogP contribution is -2.02. The molecule has 0 saturated carbocycles. The van der Waals surface area contributed by atoms with Gasteiger partial charge >= 0.3 is 0 Å². The molecule has 0 amide bonds. The van der Waals surface area contributed by atoms with Gasteiger partial charge in [-0.25, -0.2) is 4.98 Å². The highest BCUT2D eigenvalue weighted by Crippen LogP contribution is 2.35. The molecule has 3 heterocycles. The van der Waals surface area contributed by atoms with E-state index < -0.39 is 0 Å². The number of rotatable bonds is 3. The lowest BCUT2D eigenvalue weighted by molar-refractivity contribution is 0.577. The van der Waals surface area contributed by atoms with Crippen LogP contribution in [0.5, 0.6) is 0 Å². The van der Waals surface area contributed by atoms with Gasteiger partial charge in [0.05, 0.1) is 12.0 Å². The summed E-state index contributed by atoms with van der Waals surface area (Å²) in [7, 11) is 0. The van der Waals surface area contributed by atoms with Crippen molar-refractivity contribution in [2.75, 3.05) is 0 Å². The first-order chi connectivity index (χ1) is 11.9. The predicted octanol–water partition coefficient (Wildman–Crippen LogP) is 4.02. The molecule has 0 unspecified atom stereocenters. The summed E-state index contributed by atoms with van der Waals surface area (Å²) >= 11 is 1.72. The number of nitrogens with zero attached hydrogens (tertiary/aromatic N) is 4. The van der Waals surface area contributed by atoms with Gasteiger partial charge in [0.2, 0.25) is 5.82 Å². The van der Waals surface area contributed by atoms with Crippen LogP contribution >= 0.6 is 11.8 Å². The van der Waals surface area contributed by atoms with Crippen LogP contribution in [0, 0.1) is 0 Å². The molecule has 5 nitrogen and oxygen atoms in total. The van der Waals surface area contributed by atoms with E-state index in [2.05, 4.69) is 34.3 Å². The molecule has 5 rings (SSSR count). The van der Waals surface area contributed by atoms with Gasteiger partial charge in [0.25, 0.3) is 5.78 Å². The second-order valence-electron chi connectivity index (χ2n) is 5.74. The Bertz CT molecular complexity index is 1010. The van der Waals surface area contributed by atoms with Gasteiger partial charge in [-0.1, -0.05) is 30.0 Å². The van der Waals surface area contributed by atoms with Crippen LogP contribution in [0.25, 0.3) is 17.4 Å². The molecule has 3 aromatic heterocycles. The molecule has 0 saturated heterocycles. The lowest BCUT2D eigenvalue weighted by Gasteiger charge is -2.09. The molecular weight excluding hydrogens is 320 g/mol. The summed E-state index contributed by atoms with van der Waals surface area (Å²) in [6.07, 6.45) is 4.83. The van der Waals surface area contributed by atoms with Crippen LogP contribution in [0.4, 0.5) is 0 Å². The van der Waals surface area contributed by atoms with Crippen LogP contribution < -0.4 is 0 Å². The minimum absolute atomic E-state index is 0.575. The zero-order valence-electron chi connectivity index (χ0n) is 12.8. The Labute approximate surface area is 142 Å². The summed E-state index contributed by atoms with van der Waals surface area (Å²) < 4.78 is 7.30. The van der Waals surface area contributed by atoms with Crippen molar-refractivity contribution in [1.29, 1.82) is 0 Å². The van der Waals surface area contributed by atoms with Crippen molar-refractivity contribution >= 4 is 17.5 Å². The molecule has 0 atom stereocenters. The normalized spacial score (nSPS) is 13.5. The van der Waals surface area contributed by atoms with E-state index in [1.54, 1.807) is 18.0 Å². The van der Waals surface area contributed by atoms with Crippen molar-refractivity contribution in [3.63, 3.8) is 0 Å². The number of furan rings is 1. The van der Waals surface area contributed by atoms with E-state index in [-0.39, 0.29) is 0 Å². The highest BCUT2D eigenvalue weighted by atomic mass is 32.2. The maximum absolute atomic E-state index is 5.44. The number of fused-ring (bicyclic) bond motifs is 2. The molecule has 1 aliphatic carbocycles. The molecule has 0 aliphatic heterocycles. The molecule has 6 heteroatoms. The third-order valence-corrected chi connectivity index (χ3v) is 5.28. The Balaban J connectivity index is 1.71. The van der Waals surface area contributed by atoms with E-state index >= 15 is 0 Å². The van der Waals surface area contributed by atoms with Gasteiger partial charge in [0.1, 0.15) is 5.03 Å². The largest absolute Gasteiger partial charge is 0.461 e. The van der Waals surface area contributed by atoms with Crippen molar-refractivity contribution < 1.29 is 4.42 Å². The van der Waals surface area contributed by atoms with Crippen LogP contribution in [0.1, 0.15) is 17.7 Å². The van der Waals surface area contributed by atoms with Crippen molar-refractivity contribution in [1.82, 2.24) is 19.6 Å². The number of hydrogen-bond donors (Lipinski definition) is 0. The van der Waals surface area contributed by atoms with Gasteiger partial charge in [-0.2, -0.15) is 9.50 Å². The quantitative estimate of drug-likeness (QED) is 0.530. The molecule has 24 heavy (non-hydrogen) atoms. The fourth-order valence-corrected chi connectivity index (χ4v) is 4.13. The van der Waals surface area contributed by atoms with Crippen LogP contribution in [-0.2, 0) is 12.8 Å². The van der Waals surface area contributed by atoms with E-state index in [0.29, 0.717) is 17.4 Å². The van der Waals surface area contributed by atoms with Crippen molar-refractivity contribution in [2.45, 2.75) is 29.2 Å². The first kappa shape index (κ1) is 13.8. The summed E-state index contributed by atoms with van der Waals surface area (Å²) in [4.78, 5) is 10.5. The van der Waals surface area contributed by atoms with Crippen molar-refractivity contribution in [3.05, 3.63) is 60.0 Å². The van der Waals surface area contributed by atoms with Crippen molar-refractivity contribution in [2.24, 2.45) is 0 Å². The van der Waals surface area contributed by atoms with E-state index in [9.17, 15) is 0 Å². The van der Waals surface area contributed by atoms with E-state index in [1.807, 2.05) is 22.7 Å². The second kappa shape index (κ2) is 5.49. The van der Waals surface area contributed by atoms with E-state index in [0.717, 1.165) is 30.0 Å². The van der Waals surface area contributed by atoms with Gasteiger partial charge in [-0.3, -0.25) is 0 Å². The summed E-state index contributed by atoms with van der Waals surface area (Å²) in [6, 6.07) is 14.1. The number of aryl methyl sites for hydroxylation is 1. The summed E-state index contributed by atoms with van der Waals surface area (Å²) in [5, 5.41) is 5.77. The SMILES string of the molecule is c1ccc(Sc2c3c(nc4nc(-c5ccco5)nn24)CCC3)cc1. The average molecular weight is 334 g/mol. The molecule has 0 spiro atoms. The van der Waals surface area contributed by atoms with Crippen LogP contribution in [0.2, 0.25) is 0 Å². The van der Waals surface area contributed by atoms with Crippen molar-refractivity contribution in [3.8, 4) is 11.6 Å². The van der Waals surface area contributed by atoms with Gasteiger partial charge < -0.3 is 4.42 Å². The Hall–Kier alpha value is -2.60. The minimum Gasteiger partial charge on any atom is -0.461 e. The Morgan fingerprint density at radius 2 is 1.92 bits per heavy atom. The molecule has 0 fully saturated rings. The summed E-state index contributed by atoms with van der Waals surface area (Å²) in [6.45, 7) is 0. The summed E-state index contributed by atoms with van der Waals surface area (Å²) in [5.74, 6) is 1.88. The molecule has 0 radical (unpaired) electrons. The van der Waals surface area contributed by atoms with Crippen LogP contribution in [0.3, 0.4) is 0 Å². The number of aromatic nitrogens is 4. The lowest BCUT2D eigenvalue weighted by atomic mass is 10.3. The molecule has 0 bridgehead atoms. The molecule has 1 aliphatic rings. The van der Waals surface area contributed by atoms with Gasteiger partial charge in [0.15, 0.2) is 5.76 Å². The third-order valence-electron chi connectivity index (χ3n) is 4.16. The Morgan fingerprint density at radius 1 is 1.00 bits per heavy atom. The first-order valence-electron chi connectivity index (χ1n) is 7.94. The number of benzene rings is 1. The molecular formula is C18H14N4OS. The Kier molecular flexibility index (Phi) is 3.16. The van der Waals surface area contributed by atoms with Gasteiger partial charge in [-0.15, -0.1) is 5.10 Å². The van der Waals surface area contributed by atoms with E-state index in [4.69, 9.17) is 9.40 Å². The molecule has 118 valence electrons. The maximum Gasteiger partial charge on any atom is 0.254 e.